The third-order valence-corrected chi connectivity index (χ3v) is 9.34. The number of nitrogens with one attached hydrogen (secondary N) is 1. The first-order valence-electron chi connectivity index (χ1n) is 14.8. The molecule has 0 spiro atoms. The number of hydrogen-bond donors (Lipinski definition) is 2. The fourth-order valence-electron chi connectivity index (χ4n) is 5.67. The Morgan fingerprint density at radius 1 is 1.11 bits per heavy atom. The first kappa shape index (κ1) is 30.9. The second-order valence-electron chi connectivity index (χ2n) is 11.3. The quantitative estimate of drug-likeness (QED) is 0.244. The molecule has 0 unspecified atom stereocenters. The number of aromatic nitrogens is 5. The first-order valence-corrected chi connectivity index (χ1v) is 16.6. The summed E-state index contributed by atoms with van der Waals surface area (Å²) >= 11 is 0. The maximum Gasteiger partial charge on any atom is 0.305 e. The minimum Gasteiger partial charge on any atom is -0.628 e. The molecule has 1 saturated heterocycles. The van der Waals surface area contributed by atoms with Crippen LogP contribution in [0, 0.1) is 11.0 Å². The van der Waals surface area contributed by atoms with Crippen molar-refractivity contribution in [3.8, 4) is 5.88 Å². The molecule has 240 valence electrons. The standard InChI is InChI=1S/C29H36FN9O5S/c1-37-22(17-33-29(37)36-40)18-39(45(2,41)42)21-13-24-25(31-16-21)14-27(38-9-11-43-12-10-38)35-28(24)44-23-6-4-20(5-7-23)34-26-8-3-19(30)15-32-26/h3,8,13-17,20,23H,4-7,9-12,18,36H2,1-2H3,(H,32,34). The van der Waals surface area contributed by atoms with E-state index in [-0.39, 0.29) is 30.5 Å². The number of pyridine rings is 3. The molecule has 2 aliphatic rings. The van der Waals surface area contributed by atoms with Crippen molar-refractivity contribution in [3.05, 3.63) is 59.6 Å². The third kappa shape index (κ3) is 7.08. The van der Waals surface area contributed by atoms with Gasteiger partial charge in [-0.3, -0.25) is 13.9 Å². The van der Waals surface area contributed by atoms with Gasteiger partial charge in [-0.1, -0.05) is 0 Å². The number of fused-ring (bicyclic) bond motifs is 1. The molecule has 2 fully saturated rings. The molecule has 0 aromatic carbocycles. The predicted octanol–water partition coefficient (Wildman–Crippen LogP) is 2.20. The average molecular weight is 642 g/mol. The van der Waals surface area contributed by atoms with E-state index in [2.05, 4.69) is 25.2 Å². The zero-order valence-electron chi connectivity index (χ0n) is 25.1. The molecule has 4 aromatic rings. The molecule has 5 heterocycles. The Bertz CT molecular complexity index is 1740. The summed E-state index contributed by atoms with van der Waals surface area (Å²) in [4.78, 5) is 19.9. The number of sulfonamides is 1. The topological polar surface area (TPSA) is 167 Å². The number of hydrogen-bond acceptors (Lipinski definition) is 11. The summed E-state index contributed by atoms with van der Waals surface area (Å²) in [5.74, 6) is 1.56. The molecule has 16 heteroatoms. The summed E-state index contributed by atoms with van der Waals surface area (Å²) in [5.41, 5.74) is 2.13. The van der Waals surface area contributed by atoms with Gasteiger partial charge < -0.3 is 30.4 Å². The second kappa shape index (κ2) is 13.1. The summed E-state index contributed by atoms with van der Waals surface area (Å²) in [5, 5.41) is 15.3. The van der Waals surface area contributed by atoms with E-state index in [1.54, 1.807) is 23.7 Å². The second-order valence-corrected chi connectivity index (χ2v) is 13.2. The Labute approximate surface area is 260 Å². The van der Waals surface area contributed by atoms with Crippen LogP contribution in [-0.2, 0) is 28.4 Å². The molecule has 0 radical (unpaired) electrons. The molecule has 1 aliphatic heterocycles. The zero-order chi connectivity index (χ0) is 31.6. The lowest BCUT2D eigenvalue weighted by Crippen LogP contribution is -2.71. The summed E-state index contributed by atoms with van der Waals surface area (Å²) < 4.78 is 54.2. The van der Waals surface area contributed by atoms with Crippen LogP contribution in [0.1, 0.15) is 31.4 Å². The van der Waals surface area contributed by atoms with Gasteiger partial charge in [-0.05, 0) is 43.9 Å². The number of nitrogens with zero attached hydrogens (tertiary/aromatic N) is 7. The van der Waals surface area contributed by atoms with Crippen LogP contribution in [0.5, 0.6) is 5.88 Å². The summed E-state index contributed by atoms with van der Waals surface area (Å²) in [6, 6.07) is 6.81. The van der Waals surface area contributed by atoms with Crippen molar-refractivity contribution < 1.29 is 27.8 Å². The van der Waals surface area contributed by atoms with Gasteiger partial charge in [0.25, 0.3) is 0 Å². The van der Waals surface area contributed by atoms with Crippen molar-refractivity contribution in [2.75, 3.05) is 47.1 Å². The largest absolute Gasteiger partial charge is 0.628 e. The van der Waals surface area contributed by atoms with Gasteiger partial charge in [0.1, 0.15) is 23.6 Å². The Kier molecular flexibility index (Phi) is 8.98. The van der Waals surface area contributed by atoms with Crippen LogP contribution in [0.4, 0.5) is 27.7 Å². The number of rotatable bonds is 10. The lowest BCUT2D eigenvalue weighted by Gasteiger charge is -2.31. The molecular weight excluding hydrogens is 605 g/mol. The highest BCUT2D eigenvalue weighted by Crippen LogP contribution is 2.34. The summed E-state index contributed by atoms with van der Waals surface area (Å²) in [7, 11) is -2.09. The maximum absolute atomic E-state index is 13.3. The lowest BCUT2D eigenvalue weighted by atomic mass is 9.93. The highest BCUT2D eigenvalue weighted by Gasteiger charge is 2.27. The van der Waals surface area contributed by atoms with Gasteiger partial charge in [0.2, 0.25) is 15.9 Å². The van der Waals surface area contributed by atoms with Gasteiger partial charge in [-0.25, -0.2) is 17.8 Å². The van der Waals surface area contributed by atoms with Gasteiger partial charge >= 0.3 is 5.95 Å². The highest BCUT2D eigenvalue weighted by molar-refractivity contribution is 7.92. The Hall–Kier alpha value is -4.12. The fourth-order valence-corrected chi connectivity index (χ4v) is 6.52. The smallest absolute Gasteiger partial charge is 0.305 e. The third-order valence-electron chi connectivity index (χ3n) is 8.20. The number of halogens is 1. The minimum atomic E-state index is -3.75. The van der Waals surface area contributed by atoms with E-state index in [0.29, 0.717) is 65.8 Å². The van der Waals surface area contributed by atoms with Crippen LogP contribution in [-0.4, -0.2) is 77.6 Å². The zero-order valence-corrected chi connectivity index (χ0v) is 25.9. The molecule has 6 rings (SSSR count). The normalized spacial score (nSPS) is 19.1. The Morgan fingerprint density at radius 2 is 1.89 bits per heavy atom. The van der Waals surface area contributed by atoms with E-state index >= 15 is 0 Å². The maximum atomic E-state index is 13.3. The number of anilines is 3. The van der Waals surface area contributed by atoms with Gasteiger partial charge in [-0.2, -0.15) is 9.97 Å². The molecule has 0 bridgehead atoms. The SMILES string of the molecule is Cn1c(CN(c2cnc3cc(N4CCOCC4)nc(OC4CCC(Nc5ccc(F)cn5)CC4)c3c2)S(C)(=O)=O)cnc1[NH2+][O-]. The van der Waals surface area contributed by atoms with Crippen molar-refractivity contribution in [3.63, 3.8) is 0 Å². The summed E-state index contributed by atoms with van der Waals surface area (Å²) in [6.45, 7) is 2.49. The van der Waals surface area contributed by atoms with E-state index in [9.17, 15) is 18.0 Å². The van der Waals surface area contributed by atoms with Crippen LogP contribution in [0.2, 0.25) is 0 Å². The van der Waals surface area contributed by atoms with E-state index in [1.807, 2.05) is 6.07 Å². The Balaban J connectivity index is 1.28. The molecule has 1 saturated carbocycles. The van der Waals surface area contributed by atoms with E-state index in [1.165, 1.54) is 29.0 Å². The summed E-state index contributed by atoms with van der Waals surface area (Å²) in [6.07, 6.45) is 8.36. The molecular formula is C29H36FN9O5S. The van der Waals surface area contributed by atoms with Crippen LogP contribution < -0.4 is 24.7 Å². The van der Waals surface area contributed by atoms with Crippen molar-refractivity contribution in [2.24, 2.45) is 7.05 Å². The molecule has 0 amide bonds. The van der Waals surface area contributed by atoms with Crippen LogP contribution in [0.3, 0.4) is 0 Å². The lowest BCUT2D eigenvalue weighted by molar-refractivity contribution is -0.507. The number of morpholine rings is 1. The van der Waals surface area contributed by atoms with Crippen molar-refractivity contribution in [1.82, 2.24) is 24.5 Å². The molecule has 0 atom stereocenters. The van der Waals surface area contributed by atoms with Crippen molar-refractivity contribution >= 4 is 44.2 Å². The van der Waals surface area contributed by atoms with E-state index in [4.69, 9.17) is 14.5 Å². The molecule has 3 N–H and O–H groups in total. The van der Waals surface area contributed by atoms with Gasteiger partial charge in [0.15, 0.2) is 0 Å². The Morgan fingerprint density at radius 3 is 2.56 bits per heavy atom. The molecule has 14 nitrogen and oxygen atoms in total. The fraction of sp³-hybridized carbons (Fsp3) is 0.448. The molecule has 45 heavy (non-hydrogen) atoms. The number of imidazole rings is 1. The van der Waals surface area contributed by atoms with Crippen LogP contribution in [0.15, 0.2) is 42.9 Å². The van der Waals surface area contributed by atoms with Crippen molar-refractivity contribution in [2.45, 2.75) is 44.4 Å². The van der Waals surface area contributed by atoms with Gasteiger partial charge in [-0.15, -0.1) is 0 Å². The van der Waals surface area contributed by atoms with E-state index in [0.717, 1.165) is 37.8 Å². The molecule has 4 aromatic heterocycles. The monoisotopic (exact) mass is 641 g/mol. The first-order chi connectivity index (χ1) is 21.7. The van der Waals surface area contributed by atoms with Crippen LogP contribution >= 0.6 is 0 Å². The number of ether oxygens (including phenoxy) is 2. The minimum absolute atomic E-state index is 0.0429. The van der Waals surface area contributed by atoms with E-state index < -0.39 is 10.0 Å². The van der Waals surface area contributed by atoms with Crippen LogP contribution in [0.25, 0.3) is 10.9 Å². The van der Waals surface area contributed by atoms with Crippen molar-refractivity contribution in [1.29, 1.82) is 0 Å². The average Bonchev–Trinajstić information content (AvgIpc) is 3.40. The predicted molar refractivity (Wildman–Crippen MR) is 166 cm³/mol. The number of nitrogens with two attached hydrogens (primary N) is 1. The van der Waals surface area contributed by atoms with Gasteiger partial charge in [0, 0.05) is 32.2 Å². The molecule has 1 aliphatic carbocycles. The number of quaternary nitrogens is 1. The van der Waals surface area contributed by atoms with Gasteiger partial charge in [0.05, 0.1) is 66.9 Å². The highest BCUT2D eigenvalue weighted by atomic mass is 32.2.